The van der Waals surface area contributed by atoms with Crippen molar-refractivity contribution in [1.29, 1.82) is 0 Å². The van der Waals surface area contributed by atoms with Crippen LogP contribution in [0.5, 0.6) is 0 Å². The highest BCUT2D eigenvalue weighted by Gasteiger charge is 1.91. The third kappa shape index (κ3) is 4.33. The van der Waals surface area contributed by atoms with Crippen LogP contribution in [0.25, 0.3) is 11.1 Å². The molecule has 0 saturated carbocycles. The van der Waals surface area contributed by atoms with Crippen LogP contribution in [-0.4, -0.2) is 5.08 Å². The summed E-state index contributed by atoms with van der Waals surface area (Å²) in [6.45, 7) is 0. The topological polar surface area (TPSA) is 0 Å². The molecule has 1 aliphatic rings. The lowest BCUT2D eigenvalue weighted by Crippen LogP contribution is -1.73. The van der Waals surface area contributed by atoms with E-state index in [1.165, 1.54) is 16.2 Å². The van der Waals surface area contributed by atoms with Gasteiger partial charge in [-0.2, -0.15) is 0 Å². The Morgan fingerprint density at radius 1 is 0.588 bits per heavy atom. The summed E-state index contributed by atoms with van der Waals surface area (Å²) in [5.74, 6) is 0. The van der Waals surface area contributed by atoms with Gasteiger partial charge in [-0.15, -0.1) is 23.5 Å². The Morgan fingerprint density at radius 3 is 1.29 bits per heavy atom. The van der Waals surface area contributed by atoms with Crippen molar-refractivity contribution in [3.05, 3.63) is 71.5 Å². The van der Waals surface area contributed by atoms with Crippen LogP contribution >= 0.6 is 23.5 Å². The first-order valence-electron chi connectivity index (χ1n) is 5.45. The first kappa shape index (κ1) is 12.3. The van der Waals surface area contributed by atoms with Crippen LogP contribution < -0.4 is 0 Å². The monoisotopic (exact) mass is 258 g/mol. The lowest BCUT2D eigenvalue weighted by molar-refractivity contribution is 1.62. The van der Waals surface area contributed by atoms with Crippen LogP contribution in [0.2, 0.25) is 0 Å². The molecule has 2 heteroatoms. The zero-order valence-electron chi connectivity index (χ0n) is 9.45. The summed E-state index contributed by atoms with van der Waals surface area (Å²) in [4.78, 5) is 0. The van der Waals surface area contributed by atoms with E-state index in [1.807, 2.05) is 35.7 Å². The minimum atomic E-state index is 1.22. The number of rotatable bonds is 1. The molecule has 0 saturated heterocycles. The quantitative estimate of drug-likeness (QED) is 0.685. The molecule has 0 nitrogen and oxygen atoms in total. The Kier molecular flexibility index (Phi) is 5.27. The first-order valence-corrected chi connectivity index (χ1v) is 7.55. The van der Waals surface area contributed by atoms with E-state index in [1.54, 1.807) is 0 Å². The fourth-order valence-electron chi connectivity index (χ4n) is 1.46. The number of hydrogen-bond donors (Lipinski definition) is 0. The van der Waals surface area contributed by atoms with E-state index in [2.05, 4.69) is 59.3 Å². The predicted molar refractivity (Wildman–Crippen MR) is 81.1 cm³/mol. The lowest BCUT2D eigenvalue weighted by atomic mass is 10.1. The first-order chi connectivity index (χ1) is 8.47. The highest BCUT2D eigenvalue weighted by Crippen LogP contribution is 2.22. The van der Waals surface area contributed by atoms with E-state index >= 15 is 0 Å². The molecule has 2 aromatic rings. The lowest BCUT2D eigenvalue weighted by Gasteiger charge is -1.98. The molecule has 1 aliphatic heterocycles. The molecule has 17 heavy (non-hydrogen) atoms. The smallest absolute Gasteiger partial charge is 0.0475 e. The van der Waals surface area contributed by atoms with Crippen molar-refractivity contribution in [3.63, 3.8) is 0 Å². The van der Waals surface area contributed by atoms with Gasteiger partial charge in [0.2, 0.25) is 0 Å². The molecule has 0 aromatic heterocycles. The molecule has 0 fully saturated rings. The van der Waals surface area contributed by atoms with Crippen molar-refractivity contribution in [2.45, 2.75) is 0 Å². The molecule has 1 heterocycles. The third-order valence-electron chi connectivity index (χ3n) is 2.26. The van der Waals surface area contributed by atoms with Crippen molar-refractivity contribution in [2.75, 3.05) is 5.08 Å². The summed E-state index contributed by atoms with van der Waals surface area (Å²) in [7, 11) is 0. The highest BCUT2D eigenvalue weighted by molar-refractivity contribution is 8.21. The van der Waals surface area contributed by atoms with Gasteiger partial charge in [-0.3, -0.25) is 0 Å². The summed E-state index contributed by atoms with van der Waals surface area (Å²) >= 11 is 3.71. The summed E-state index contributed by atoms with van der Waals surface area (Å²) in [6, 6.07) is 20.8. The molecule has 0 spiro atoms. The van der Waals surface area contributed by atoms with Gasteiger partial charge in [-0.25, -0.2) is 0 Å². The van der Waals surface area contributed by atoms with Crippen LogP contribution in [-0.2, 0) is 0 Å². The van der Waals surface area contributed by atoms with Crippen LogP contribution in [0.1, 0.15) is 0 Å². The maximum Gasteiger partial charge on any atom is 0.0475 e. The summed E-state index contributed by atoms with van der Waals surface area (Å²) in [5.41, 5.74) is 2.55. The molecule has 0 bridgehead atoms. The van der Waals surface area contributed by atoms with Crippen molar-refractivity contribution in [1.82, 2.24) is 0 Å². The molecule has 0 atom stereocenters. The van der Waals surface area contributed by atoms with Gasteiger partial charge in [0.25, 0.3) is 0 Å². The Bertz CT molecular complexity index is 405. The van der Waals surface area contributed by atoms with E-state index in [-0.39, 0.29) is 0 Å². The second-order valence-electron chi connectivity index (χ2n) is 3.46. The van der Waals surface area contributed by atoms with Gasteiger partial charge in [0.1, 0.15) is 0 Å². The van der Waals surface area contributed by atoms with Crippen molar-refractivity contribution in [3.8, 4) is 11.1 Å². The van der Waals surface area contributed by atoms with Crippen LogP contribution in [0.15, 0.2) is 71.5 Å². The van der Waals surface area contributed by atoms with Gasteiger partial charge in [-0.1, -0.05) is 60.7 Å². The van der Waals surface area contributed by atoms with E-state index < -0.39 is 0 Å². The molecule has 2 aromatic carbocycles. The average Bonchev–Trinajstić information content (AvgIpc) is 3.00. The molecule has 0 radical (unpaired) electrons. The van der Waals surface area contributed by atoms with Crippen LogP contribution in [0.3, 0.4) is 0 Å². The zero-order valence-corrected chi connectivity index (χ0v) is 11.1. The molecule has 0 aliphatic carbocycles. The Labute approximate surface area is 111 Å². The molecule has 0 unspecified atom stereocenters. The largest absolute Gasteiger partial charge is 0.122 e. The van der Waals surface area contributed by atoms with Crippen molar-refractivity contribution in [2.24, 2.45) is 0 Å². The number of benzene rings is 2. The number of hydrogen-bond acceptors (Lipinski definition) is 2. The molecule has 86 valence electrons. The highest BCUT2D eigenvalue weighted by atomic mass is 32.2. The minimum Gasteiger partial charge on any atom is -0.122 e. The average molecular weight is 258 g/mol. The second-order valence-corrected chi connectivity index (χ2v) is 5.61. The van der Waals surface area contributed by atoms with Gasteiger partial charge >= 0.3 is 0 Å². The maximum absolute atomic E-state index is 2.12. The van der Waals surface area contributed by atoms with Gasteiger partial charge in [0, 0.05) is 5.08 Å². The van der Waals surface area contributed by atoms with Crippen LogP contribution in [0.4, 0.5) is 0 Å². The normalized spacial score (nSPS) is 12.9. The van der Waals surface area contributed by atoms with E-state index in [9.17, 15) is 0 Å². The van der Waals surface area contributed by atoms with Crippen molar-refractivity contribution >= 4 is 23.5 Å². The van der Waals surface area contributed by atoms with Gasteiger partial charge in [0.15, 0.2) is 0 Å². The van der Waals surface area contributed by atoms with Gasteiger partial charge < -0.3 is 0 Å². The maximum atomic E-state index is 2.12. The molecular weight excluding hydrogens is 244 g/mol. The fourth-order valence-corrected chi connectivity index (χ4v) is 3.03. The van der Waals surface area contributed by atoms with Crippen LogP contribution in [0, 0.1) is 0 Å². The van der Waals surface area contributed by atoms with E-state index in [0.29, 0.717) is 0 Å². The Morgan fingerprint density at radius 2 is 1.00 bits per heavy atom. The van der Waals surface area contributed by atoms with E-state index in [4.69, 9.17) is 0 Å². The molecule has 3 rings (SSSR count). The zero-order chi connectivity index (χ0) is 11.8. The Hall–Kier alpha value is -1.12. The van der Waals surface area contributed by atoms with Gasteiger partial charge in [-0.05, 0) is 21.9 Å². The second kappa shape index (κ2) is 7.25. The standard InChI is InChI=1S/C12H10.C3H4S2/c1-3-7-11(8-4-1)12-9-5-2-6-10-12;1-2-5-3-4-1/h1-10H;1-2H,3H2. The summed E-state index contributed by atoms with van der Waals surface area (Å²) < 4.78 is 0. The van der Waals surface area contributed by atoms with Crippen molar-refractivity contribution < 1.29 is 0 Å². The SMILES string of the molecule is C1=CSCS1.c1ccc(-c2ccccc2)cc1. The Balaban J connectivity index is 0.000000181. The molecule has 0 N–H and O–H groups in total. The molecular formula is C15H14S2. The van der Waals surface area contributed by atoms with Gasteiger partial charge in [0.05, 0.1) is 0 Å². The van der Waals surface area contributed by atoms with E-state index in [0.717, 1.165) is 0 Å². The predicted octanol–water partition coefficient (Wildman–Crippen LogP) is 5.25. The third-order valence-corrected chi connectivity index (χ3v) is 4.18. The minimum absolute atomic E-state index is 1.22. The summed E-state index contributed by atoms with van der Waals surface area (Å²) in [6.07, 6.45) is 0. The summed E-state index contributed by atoms with van der Waals surface area (Å²) in [5, 5.41) is 5.45. The fraction of sp³-hybridized carbons (Fsp3) is 0.0667. The molecule has 0 amide bonds. The number of thioether (sulfide) groups is 2.